The molecule has 0 bridgehead atoms. The highest BCUT2D eigenvalue weighted by Crippen LogP contribution is 2.17. The second kappa shape index (κ2) is 2.61. The minimum Gasteiger partial charge on any atom is -0.479 e. The maximum absolute atomic E-state index is 10.7. The molecule has 0 aliphatic rings. The Morgan fingerprint density at radius 3 is 2.73 bits per heavy atom. The molecule has 5 nitrogen and oxygen atoms in total. The van der Waals surface area contributed by atoms with Crippen molar-refractivity contribution >= 4 is 5.97 Å². The van der Waals surface area contributed by atoms with E-state index in [1.165, 1.54) is 14.0 Å². The van der Waals surface area contributed by atoms with Crippen LogP contribution in [0.5, 0.6) is 5.95 Å². The van der Waals surface area contributed by atoms with Crippen LogP contribution in [-0.2, 0) is 4.74 Å². The number of carbonyl (C=O) groups excluding carboxylic acids is 1. The number of esters is 1. The molecule has 0 unspecified atom stereocenters. The number of oxazole rings is 1. The van der Waals surface area contributed by atoms with Crippen LogP contribution in [0.15, 0.2) is 4.42 Å². The van der Waals surface area contributed by atoms with E-state index < -0.39 is 11.9 Å². The van der Waals surface area contributed by atoms with Crippen molar-refractivity contribution in [2.45, 2.75) is 6.92 Å². The smallest absolute Gasteiger partial charge is 0.364 e. The topological polar surface area (TPSA) is 72.6 Å². The molecule has 1 aromatic rings. The summed E-state index contributed by atoms with van der Waals surface area (Å²) < 4.78 is 8.89. The van der Waals surface area contributed by atoms with Crippen molar-refractivity contribution < 1.29 is 19.1 Å². The van der Waals surface area contributed by atoms with E-state index in [9.17, 15) is 4.79 Å². The maximum Gasteiger partial charge on any atom is 0.364 e. The number of nitrogens with zero attached hydrogens (tertiary/aromatic N) is 1. The van der Waals surface area contributed by atoms with Gasteiger partial charge in [0.15, 0.2) is 5.89 Å². The number of methoxy groups -OCH3 is 1. The molecule has 0 radical (unpaired) electrons. The standard InChI is InChI=1S/C6H7NO4/c1-3-7-4(5(8)10-2)6(9)11-3/h9H,1-2H3. The molecule has 0 aliphatic heterocycles. The normalized spacial score (nSPS) is 9.64. The largest absolute Gasteiger partial charge is 0.479 e. The molecule has 0 amide bonds. The molecule has 0 fully saturated rings. The van der Waals surface area contributed by atoms with Crippen molar-refractivity contribution in [3.8, 4) is 5.95 Å². The van der Waals surface area contributed by atoms with Crippen LogP contribution in [0.4, 0.5) is 0 Å². The van der Waals surface area contributed by atoms with Crippen LogP contribution in [0.2, 0.25) is 0 Å². The lowest BCUT2D eigenvalue weighted by Crippen LogP contribution is -2.01. The predicted octanol–water partition coefficient (Wildman–Crippen LogP) is 0.475. The van der Waals surface area contributed by atoms with Crippen LogP contribution < -0.4 is 0 Å². The Morgan fingerprint density at radius 2 is 2.36 bits per heavy atom. The van der Waals surface area contributed by atoms with Crippen LogP contribution in [0.3, 0.4) is 0 Å². The first-order valence-corrected chi connectivity index (χ1v) is 2.90. The Labute approximate surface area is 62.6 Å². The Morgan fingerprint density at radius 1 is 1.73 bits per heavy atom. The van der Waals surface area contributed by atoms with E-state index >= 15 is 0 Å². The number of hydrogen-bond donors (Lipinski definition) is 1. The summed E-state index contributed by atoms with van der Waals surface area (Å²) in [5, 5.41) is 8.90. The quantitative estimate of drug-likeness (QED) is 0.600. The fraction of sp³-hybridized carbons (Fsp3) is 0.333. The van der Waals surface area contributed by atoms with Gasteiger partial charge in [-0.1, -0.05) is 0 Å². The van der Waals surface area contributed by atoms with Gasteiger partial charge in [0, 0.05) is 6.92 Å². The molecule has 0 saturated carbocycles. The summed E-state index contributed by atoms with van der Waals surface area (Å²) in [6.07, 6.45) is 0. The molecule has 1 rings (SSSR count). The van der Waals surface area contributed by atoms with Crippen molar-refractivity contribution in [1.82, 2.24) is 4.98 Å². The van der Waals surface area contributed by atoms with Gasteiger partial charge in [0.25, 0.3) is 0 Å². The van der Waals surface area contributed by atoms with Gasteiger partial charge >= 0.3 is 11.9 Å². The van der Waals surface area contributed by atoms with Gasteiger partial charge in [-0.15, -0.1) is 0 Å². The fourth-order valence-corrected chi connectivity index (χ4v) is 0.646. The highest BCUT2D eigenvalue weighted by molar-refractivity contribution is 5.89. The van der Waals surface area contributed by atoms with E-state index in [2.05, 4.69) is 14.1 Å². The van der Waals surface area contributed by atoms with Crippen LogP contribution in [0, 0.1) is 6.92 Å². The Kier molecular flexibility index (Phi) is 1.80. The second-order valence-electron chi connectivity index (χ2n) is 1.88. The first-order valence-electron chi connectivity index (χ1n) is 2.90. The molecule has 0 aromatic carbocycles. The molecule has 1 N–H and O–H groups in total. The van der Waals surface area contributed by atoms with Gasteiger partial charge in [0.2, 0.25) is 5.69 Å². The first kappa shape index (κ1) is 7.59. The van der Waals surface area contributed by atoms with E-state index in [0.717, 1.165) is 0 Å². The maximum atomic E-state index is 10.7. The molecule has 0 saturated heterocycles. The number of aryl methyl sites for hydroxylation is 1. The van der Waals surface area contributed by atoms with Gasteiger partial charge in [-0.05, 0) is 0 Å². The van der Waals surface area contributed by atoms with Gasteiger partial charge in [0.05, 0.1) is 7.11 Å². The Bertz CT molecular complexity index is 278. The van der Waals surface area contributed by atoms with Gasteiger partial charge in [-0.3, -0.25) is 0 Å². The molecule has 0 atom stereocenters. The second-order valence-corrected chi connectivity index (χ2v) is 1.88. The first-order chi connectivity index (χ1) is 5.15. The van der Waals surface area contributed by atoms with Crippen molar-refractivity contribution in [2.75, 3.05) is 7.11 Å². The number of carbonyl (C=O) groups is 1. The number of aromatic nitrogens is 1. The summed E-state index contributed by atoms with van der Waals surface area (Å²) in [5.41, 5.74) is -0.190. The van der Waals surface area contributed by atoms with Crippen molar-refractivity contribution in [3.63, 3.8) is 0 Å². The number of rotatable bonds is 1. The minimum atomic E-state index is -0.709. The molecule has 60 valence electrons. The van der Waals surface area contributed by atoms with Gasteiger partial charge < -0.3 is 14.3 Å². The minimum absolute atomic E-state index is 0.190. The molecule has 0 aliphatic carbocycles. The van der Waals surface area contributed by atoms with Crippen molar-refractivity contribution in [2.24, 2.45) is 0 Å². The lowest BCUT2D eigenvalue weighted by molar-refractivity contribution is 0.0589. The number of hydrogen-bond acceptors (Lipinski definition) is 5. The molecule has 0 spiro atoms. The highest BCUT2D eigenvalue weighted by atomic mass is 16.5. The summed E-state index contributed by atoms with van der Waals surface area (Å²) in [4.78, 5) is 14.3. The van der Waals surface area contributed by atoms with E-state index in [0.29, 0.717) is 0 Å². The fourth-order valence-electron chi connectivity index (χ4n) is 0.646. The van der Waals surface area contributed by atoms with Crippen LogP contribution in [0.25, 0.3) is 0 Å². The zero-order chi connectivity index (χ0) is 8.43. The SMILES string of the molecule is COC(=O)c1nc(C)oc1O. The Hall–Kier alpha value is -1.52. The van der Waals surface area contributed by atoms with E-state index in [4.69, 9.17) is 5.11 Å². The summed E-state index contributed by atoms with van der Waals surface area (Å²) in [6.45, 7) is 1.52. The van der Waals surface area contributed by atoms with E-state index in [-0.39, 0.29) is 11.6 Å². The summed E-state index contributed by atoms with van der Waals surface area (Å²) >= 11 is 0. The monoisotopic (exact) mass is 157 g/mol. The van der Waals surface area contributed by atoms with Crippen LogP contribution in [0.1, 0.15) is 16.4 Å². The highest BCUT2D eigenvalue weighted by Gasteiger charge is 2.17. The number of ether oxygens (including phenoxy) is 1. The zero-order valence-electron chi connectivity index (χ0n) is 6.12. The molecule has 1 heterocycles. The molecule has 11 heavy (non-hydrogen) atoms. The molecular weight excluding hydrogens is 150 g/mol. The average molecular weight is 157 g/mol. The summed E-state index contributed by atoms with van der Waals surface area (Å²) in [6, 6.07) is 0. The third-order valence-corrected chi connectivity index (χ3v) is 1.09. The van der Waals surface area contributed by atoms with Gasteiger partial charge in [-0.2, -0.15) is 0 Å². The third-order valence-electron chi connectivity index (χ3n) is 1.09. The number of aromatic hydroxyl groups is 1. The predicted molar refractivity (Wildman–Crippen MR) is 34.2 cm³/mol. The van der Waals surface area contributed by atoms with Gasteiger partial charge in [0.1, 0.15) is 0 Å². The molecular formula is C6H7NO4. The zero-order valence-corrected chi connectivity index (χ0v) is 6.12. The molecule has 1 aromatic heterocycles. The summed E-state index contributed by atoms with van der Waals surface area (Å²) in [5.74, 6) is -0.989. The van der Waals surface area contributed by atoms with Crippen LogP contribution in [-0.4, -0.2) is 23.2 Å². The van der Waals surface area contributed by atoms with E-state index in [1.807, 2.05) is 0 Å². The van der Waals surface area contributed by atoms with Crippen molar-refractivity contribution in [1.29, 1.82) is 0 Å². The third kappa shape index (κ3) is 1.31. The van der Waals surface area contributed by atoms with E-state index in [1.54, 1.807) is 0 Å². The lowest BCUT2D eigenvalue weighted by Gasteiger charge is -1.90. The van der Waals surface area contributed by atoms with Gasteiger partial charge in [-0.25, -0.2) is 9.78 Å². The molecule has 5 heteroatoms. The van der Waals surface area contributed by atoms with Crippen LogP contribution >= 0.6 is 0 Å². The lowest BCUT2D eigenvalue weighted by atomic mass is 10.5. The average Bonchev–Trinajstić information content (AvgIpc) is 2.28. The van der Waals surface area contributed by atoms with Crippen molar-refractivity contribution in [3.05, 3.63) is 11.6 Å². The Balaban J connectivity index is 3.03. The summed E-state index contributed by atoms with van der Waals surface area (Å²) in [7, 11) is 1.20.